The number of hydrogen-bond donors (Lipinski definition) is 2. The van der Waals surface area contributed by atoms with Crippen LogP contribution in [-0.4, -0.2) is 10.2 Å². The number of rotatable bonds is 4. The number of unbranched alkanes of at least 4 members (excludes halogenated alkanes) is 1. The molecule has 1 aliphatic rings. The average molecular weight is 324 g/mol. The minimum Gasteiger partial charge on any atom is -0.508 e. The van der Waals surface area contributed by atoms with Crippen molar-refractivity contribution in [3.05, 3.63) is 58.7 Å². The van der Waals surface area contributed by atoms with E-state index in [9.17, 15) is 10.2 Å². The maximum atomic E-state index is 10.6. The van der Waals surface area contributed by atoms with Crippen LogP contribution in [0, 0.1) is 0 Å². The lowest BCUT2D eigenvalue weighted by atomic mass is 9.75. The number of hydrogen-bond acceptors (Lipinski definition) is 2. The predicted molar refractivity (Wildman–Crippen MR) is 98.9 cm³/mol. The molecule has 2 aromatic carbocycles. The van der Waals surface area contributed by atoms with Gasteiger partial charge in [0.25, 0.3) is 0 Å². The second kappa shape index (κ2) is 5.84. The number of phenolic OH excluding ortho intramolecular Hbond substituents is 2. The standard InChI is InChI=1S/C22H28O2/c1-5-6-8-15-11-18-19(13-20(15)24)22(4,14-21(18,2)3)16-9-7-10-17(23)12-16/h7,9-13,23-24H,5-6,8,14H2,1-4H3. The predicted octanol–water partition coefficient (Wildman–Crippen LogP) is 5.43. The molecule has 1 atom stereocenters. The Labute approximate surface area is 145 Å². The fourth-order valence-corrected chi connectivity index (χ4v) is 4.40. The molecule has 0 heterocycles. The maximum absolute atomic E-state index is 10.6. The lowest BCUT2D eigenvalue weighted by molar-refractivity contribution is 0.420. The third-order valence-electron chi connectivity index (χ3n) is 5.62. The van der Waals surface area contributed by atoms with Gasteiger partial charge in [0.15, 0.2) is 0 Å². The molecule has 0 aliphatic heterocycles. The molecule has 0 amide bonds. The number of aromatic hydroxyl groups is 2. The van der Waals surface area contributed by atoms with Gasteiger partial charge in [0.1, 0.15) is 11.5 Å². The van der Waals surface area contributed by atoms with E-state index in [1.165, 1.54) is 11.1 Å². The fraction of sp³-hybridized carbons (Fsp3) is 0.455. The van der Waals surface area contributed by atoms with Gasteiger partial charge in [-0.3, -0.25) is 0 Å². The van der Waals surface area contributed by atoms with Gasteiger partial charge in [0.05, 0.1) is 0 Å². The lowest BCUT2D eigenvalue weighted by Crippen LogP contribution is -2.23. The third kappa shape index (κ3) is 2.68. The summed E-state index contributed by atoms with van der Waals surface area (Å²) in [5, 5.41) is 20.5. The topological polar surface area (TPSA) is 40.5 Å². The minimum absolute atomic E-state index is 0.0458. The van der Waals surface area contributed by atoms with Crippen molar-refractivity contribution < 1.29 is 10.2 Å². The summed E-state index contributed by atoms with van der Waals surface area (Å²) in [7, 11) is 0. The Morgan fingerprint density at radius 2 is 1.75 bits per heavy atom. The Bertz CT molecular complexity index is 761. The van der Waals surface area contributed by atoms with Crippen LogP contribution in [0.4, 0.5) is 0 Å². The van der Waals surface area contributed by atoms with Crippen molar-refractivity contribution in [1.29, 1.82) is 0 Å². The van der Waals surface area contributed by atoms with E-state index in [-0.39, 0.29) is 10.8 Å². The highest BCUT2D eigenvalue weighted by Crippen LogP contribution is 2.54. The summed E-state index contributed by atoms with van der Waals surface area (Å²) in [5.74, 6) is 0.704. The molecule has 2 aromatic rings. The highest BCUT2D eigenvalue weighted by molar-refractivity contribution is 5.56. The molecule has 24 heavy (non-hydrogen) atoms. The first-order chi connectivity index (χ1) is 11.3. The molecular weight excluding hydrogens is 296 g/mol. The molecule has 1 aliphatic carbocycles. The molecule has 0 aromatic heterocycles. The Kier molecular flexibility index (Phi) is 4.11. The zero-order chi connectivity index (χ0) is 17.5. The molecule has 3 rings (SSSR count). The number of fused-ring (bicyclic) bond motifs is 1. The highest BCUT2D eigenvalue weighted by atomic mass is 16.3. The van der Waals surface area contributed by atoms with Gasteiger partial charge < -0.3 is 10.2 Å². The van der Waals surface area contributed by atoms with Crippen molar-refractivity contribution in [2.45, 2.75) is 64.2 Å². The van der Waals surface area contributed by atoms with Gasteiger partial charge in [-0.15, -0.1) is 0 Å². The van der Waals surface area contributed by atoms with Gasteiger partial charge in [-0.2, -0.15) is 0 Å². The second-order valence-corrected chi connectivity index (χ2v) is 8.07. The van der Waals surface area contributed by atoms with Crippen LogP contribution >= 0.6 is 0 Å². The van der Waals surface area contributed by atoms with Crippen LogP contribution in [0.2, 0.25) is 0 Å². The molecule has 0 saturated heterocycles. The van der Waals surface area contributed by atoms with Crippen LogP contribution in [0.1, 0.15) is 69.2 Å². The third-order valence-corrected chi connectivity index (χ3v) is 5.62. The molecule has 0 bridgehead atoms. The molecule has 2 nitrogen and oxygen atoms in total. The second-order valence-electron chi connectivity index (χ2n) is 8.07. The van der Waals surface area contributed by atoms with E-state index >= 15 is 0 Å². The summed E-state index contributed by atoms with van der Waals surface area (Å²) < 4.78 is 0. The lowest BCUT2D eigenvalue weighted by Gasteiger charge is -2.28. The zero-order valence-electron chi connectivity index (χ0n) is 15.2. The van der Waals surface area contributed by atoms with Gasteiger partial charge in [-0.25, -0.2) is 0 Å². The number of benzene rings is 2. The van der Waals surface area contributed by atoms with Gasteiger partial charge in [0, 0.05) is 5.41 Å². The summed E-state index contributed by atoms with van der Waals surface area (Å²) >= 11 is 0. The first kappa shape index (κ1) is 16.9. The SMILES string of the molecule is CCCCc1cc2c(cc1O)C(C)(c1cccc(O)c1)CC2(C)C. The molecule has 1 unspecified atom stereocenters. The van der Waals surface area contributed by atoms with Crippen LogP contribution in [-0.2, 0) is 17.3 Å². The van der Waals surface area contributed by atoms with E-state index in [2.05, 4.69) is 39.8 Å². The summed E-state index contributed by atoms with van der Waals surface area (Å²) in [4.78, 5) is 0. The van der Waals surface area contributed by atoms with Crippen molar-refractivity contribution in [2.75, 3.05) is 0 Å². The quantitative estimate of drug-likeness (QED) is 0.787. The monoisotopic (exact) mass is 324 g/mol. The van der Waals surface area contributed by atoms with Crippen molar-refractivity contribution >= 4 is 0 Å². The Morgan fingerprint density at radius 1 is 1.00 bits per heavy atom. The molecule has 2 N–H and O–H groups in total. The first-order valence-electron chi connectivity index (χ1n) is 8.94. The minimum atomic E-state index is -0.196. The van der Waals surface area contributed by atoms with Gasteiger partial charge in [0.2, 0.25) is 0 Å². The normalized spacial score (nSPS) is 21.7. The molecule has 0 spiro atoms. The zero-order valence-corrected chi connectivity index (χ0v) is 15.2. The van der Waals surface area contributed by atoms with Crippen LogP contribution in [0.3, 0.4) is 0 Å². The first-order valence-corrected chi connectivity index (χ1v) is 8.94. The van der Waals surface area contributed by atoms with E-state index in [0.717, 1.165) is 36.8 Å². The number of aryl methyl sites for hydroxylation is 1. The van der Waals surface area contributed by atoms with Gasteiger partial charge >= 0.3 is 0 Å². The van der Waals surface area contributed by atoms with Gasteiger partial charge in [-0.05, 0) is 65.1 Å². The summed E-state index contributed by atoms with van der Waals surface area (Å²) in [6.07, 6.45) is 4.11. The molecule has 2 heteroatoms. The van der Waals surface area contributed by atoms with Crippen molar-refractivity contribution in [3.8, 4) is 11.5 Å². The molecular formula is C22H28O2. The summed E-state index contributed by atoms with van der Waals surface area (Å²) in [6, 6.07) is 11.7. The van der Waals surface area contributed by atoms with E-state index in [1.807, 2.05) is 18.2 Å². The van der Waals surface area contributed by atoms with Crippen LogP contribution < -0.4 is 0 Å². The Balaban J connectivity index is 2.15. The van der Waals surface area contributed by atoms with Crippen molar-refractivity contribution in [3.63, 3.8) is 0 Å². The Hall–Kier alpha value is -1.96. The largest absolute Gasteiger partial charge is 0.508 e. The van der Waals surface area contributed by atoms with E-state index < -0.39 is 0 Å². The average Bonchev–Trinajstić information content (AvgIpc) is 2.72. The number of phenols is 2. The van der Waals surface area contributed by atoms with Crippen LogP contribution in [0.25, 0.3) is 0 Å². The maximum Gasteiger partial charge on any atom is 0.119 e. The summed E-state index contributed by atoms with van der Waals surface area (Å²) in [5.41, 5.74) is 4.54. The van der Waals surface area contributed by atoms with E-state index in [0.29, 0.717) is 11.5 Å². The van der Waals surface area contributed by atoms with E-state index in [4.69, 9.17) is 0 Å². The van der Waals surface area contributed by atoms with Crippen molar-refractivity contribution in [1.82, 2.24) is 0 Å². The van der Waals surface area contributed by atoms with Crippen molar-refractivity contribution in [2.24, 2.45) is 0 Å². The summed E-state index contributed by atoms with van der Waals surface area (Å²) in [6.45, 7) is 8.95. The van der Waals surface area contributed by atoms with E-state index in [1.54, 1.807) is 6.07 Å². The van der Waals surface area contributed by atoms with Gasteiger partial charge in [-0.1, -0.05) is 52.3 Å². The molecule has 0 fully saturated rings. The molecule has 0 saturated carbocycles. The van der Waals surface area contributed by atoms with Crippen LogP contribution in [0.5, 0.6) is 11.5 Å². The molecule has 0 radical (unpaired) electrons. The fourth-order valence-electron chi connectivity index (χ4n) is 4.40. The van der Waals surface area contributed by atoms with Crippen LogP contribution in [0.15, 0.2) is 36.4 Å². The Morgan fingerprint density at radius 3 is 2.42 bits per heavy atom. The smallest absolute Gasteiger partial charge is 0.119 e. The molecule has 128 valence electrons. The highest BCUT2D eigenvalue weighted by Gasteiger charge is 2.46.